The van der Waals surface area contributed by atoms with E-state index in [0.29, 0.717) is 0 Å². The molecule has 11 rings (SSSR count). The fourth-order valence-electron chi connectivity index (χ4n) is 10.2. The third-order valence-electron chi connectivity index (χ3n) is 11.7. The number of rotatable bonds is 2. The maximum Gasteiger partial charge on any atom is 0.0634 e. The van der Waals surface area contributed by atoms with Gasteiger partial charge in [0.1, 0.15) is 0 Å². The number of hydrogen-bond donors (Lipinski definition) is 0. The largest absolute Gasteiger partial charge is 0.308 e. The second-order valence-corrected chi connectivity index (χ2v) is 14.9. The van der Waals surface area contributed by atoms with Crippen LogP contribution in [0.1, 0.15) is 33.4 Å². The number of para-hydroxylation sites is 2. The van der Waals surface area contributed by atoms with Crippen molar-refractivity contribution in [3.05, 3.63) is 143 Å². The molecule has 0 saturated heterocycles. The van der Waals surface area contributed by atoms with E-state index in [4.69, 9.17) is 0 Å². The Labute approximate surface area is 290 Å². The molecule has 7 aromatic carbocycles. The topological polar surface area (TPSA) is 8.82 Å². The second kappa shape index (κ2) is 9.43. The summed E-state index contributed by atoms with van der Waals surface area (Å²) in [4.78, 5) is 0. The molecule has 0 saturated carbocycles. The highest BCUT2D eigenvalue weighted by molar-refractivity contribution is 6.45. The van der Waals surface area contributed by atoms with Gasteiger partial charge in [0, 0.05) is 43.1 Å². The summed E-state index contributed by atoms with van der Waals surface area (Å²) in [6, 6.07) is 41.8. The summed E-state index contributed by atoms with van der Waals surface area (Å²) < 4.78 is 5.12. The molecule has 0 bridgehead atoms. The molecule has 0 aliphatic rings. The second-order valence-electron chi connectivity index (χ2n) is 14.9. The van der Waals surface area contributed by atoms with Gasteiger partial charge < -0.3 is 8.80 Å². The van der Waals surface area contributed by atoms with Gasteiger partial charge in [0.25, 0.3) is 0 Å². The first-order valence-corrected chi connectivity index (χ1v) is 17.8. The maximum atomic E-state index is 2.56. The molecule has 11 aromatic rings. The van der Waals surface area contributed by atoms with E-state index in [1.54, 1.807) is 0 Å². The number of fused-ring (bicyclic) bond motifs is 14. The summed E-state index contributed by atoms with van der Waals surface area (Å²) >= 11 is 0. The van der Waals surface area contributed by atoms with E-state index in [1.165, 1.54) is 132 Å². The van der Waals surface area contributed by atoms with Crippen LogP contribution >= 0.6 is 0 Å². The molecule has 0 atom stereocenters. The lowest BCUT2D eigenvalue weighted by Gasteiger charge is -2.12. The van der Waals surface area contributed by atoms with Gasteiger partial charge in [-0.3, -0.25) is 0 Å². The van der Waals surface area contributed by atoms with Gasteiger partial charge in [0.05, 0.1) is 33.1 Å². The van der Waals surface area contributed by atoms with Gasteiger partial charge in [-0.25, -0.2) is 0 Å². The summed E-state index contributed by atoms with van der Waals surface area (Å²) in [7, 11) is 0. The predicted molar refractivity (Wildman–Crippen MR) is 215 cm³/mol. The Morgan fingerprint density at radius 2 is 0.680 bits per heavy atom. The highest BCUT2D eigenvalue weighted by Gasteiger charge is 2.29. The molecule has 0 N–H and O–H groups in total. The Hall–Kier alpha value is -5.86. The van der Waals surface area contributed by atoms with E-state index in [1.807, 2.05) is 0 Å². The van der Waals surface area contributed by atoms with Crippen molar-refractivity contribution in [3.63, 3.8) is 0 Å². The van der Waals surface area contributed by atoms with Crippen LogP contribution in [0.3, 0.4) is 0 Å². The van der Waals surface area contributed by atoms with Crippen LogP contribution < -0.4 is 0 Å². The van der Waals surface area contributed by atoms with Gasteiger partial charge in [-0.2, -0.15) is 0 Å². The molecule has 238 valence electrons. The molecule has 0 aliphatic heterocycles. The van der Waals surface area contributed by atoms with E-state index < -0.39 is 0 Å². The van der Waals surface area contributed by atoms with Crippen LogP contribution in [0.15, 0.2) is 109 Å². The van der Waals surface area contributed by atoms with Gasteiger partial charge in [0.2, 0.25) is 0 Å². The minimum absolute atomic E-state index is 1.27. The van der Waals surface area contributed by atoms with Crippen LogP contribution in [0, 0.1) is 41.5 Å². The van der Waals surface area contributed by atoms with Crippen molar-refractivity contribution in [2.75, 3.05) is 0 Å². The monoisotopic (exact) mass is 640 g/mol. The first-order chi connectivity index (χ1) is 24.3. The molecule has 2 nitrogen and oxygen atoms in total. The Balaban J connectivity index is 1.39. The van der Waals surface area contributed by atoms with Gasteiger partial charge >= 0.3 is 0 Å². The van der Waals surface area contributed by atoms with E-state index in [0.717, 1.165) is 0 Å². The first-order valence-electron chi connectivity index (χ1n) is 17.8. The van der Waals surface area contributed by atoms with Gasteiger partial charge in [0.15, 0.2) is 0 Å². The molecular weight excluding hydrogens is 605 g/mol. The lowest BCUT2D eigenvalue weighted by molar-refractivity contribution is 1.32. The van der Waals surface area contributed by atoms with Crippen LogP contribution in [0.25, 0.3) is 98.4 Å². The number of hydrogen-bond acceptors (Lipinski definition) is 0. The molecule has 0 amide bonds. The van der Waals surface area contributed by atoms with Crippen LogP contribution in [-0.2, 0) is 0 Å². The van der Waals surface area contributed by atoms with Crippen molar-refractivity contribution in [1.29, 1.82) is 0 Å². The Kier molecular flexibility index (Phi) is 5.28. The molecule has 0 unspecified atom stereocenters. The zero-order valence-corrected chi connectivity index (χ0v) is 29.3. The van der Waals surface area contributed by atoms with Crippen LogP contribution in [0.4, 0.5) is 0 Å². The standard InChI is InChI=1S/C48H36N2/c1-25-19-27(3)41(28(4)20-25)31-15-17-39-35(23-31)45-43-33-11-7-10-14-38(33)50-40-18-16-32(42-29(5)21-26(2)22-30(42)6)24-36(40)46(48(43)50)44-34-12-8-9-13-37(34)49(39)47(44)45/h7-24H,1-6H3. The fourth-order valence-corrected chi connectivity index (χ4v) is 10.2. The summed E-state index contributed by atoms with van der Waals surface area (Å²) in [6.45, 7) is 13.4. The molecule has 0 radical (unpaired) electrons. The first kappa shape index (κ1) is 28.0. The lowest BCUT2D eigenvalue weighted by atomic mass is 9.91. The molecule has 0 aliphatic carbocycles. The van der Waals surface area contributed by atoms with E-state index >= 15 is 0 Å². The highest BCUT2D eigenvalue weighted by atomic mass is 14.9. The molecule has 2 heteroatoms. The summed E-state index contributed by atoms with van der Waals surface area (Å²) in [5.74, 6) is 0. The summed E-state index contributed by atoms with van der Waals surface area (Å²) in [5, 5.41) is 10.7. The lowest BCUT2D eigenvalue weighted by Crippen LogP contribution is -1.90. The average molecular weight is 641 g/mol. The SMILES string of the molecule is Cc1cc(C)c(-c2ccc3c(c2)c2c4c5ccccc5n5c6ccc(-c7c(C)cc(C)cc7C)cc6c(c6c7ccccc7n3c62)c45)c(C)c1. The third kappa shape index (κ3) is 3.34. The summed E-state index contributed by atoms with van der Waals surface area (Å²) in [6.07, 6.45) is 0. The van der Waals surface area contributed by atoms with E-state index in [2.05, 4.69) is 160 Å². The fraction of sp³-hybridized carbons (Fsp3) is 0.125. The van der Waals surface area contributed by atoms with Crippen molar-refractivity contribution in [2.24, 2.45) is 0 Å². The minimum Gasteiger partial charge on any atom is -0.308 e. The maximum absolute atomic E-state index is 2.56. The molecule has 4 aromatic heterocycles. The number of benzene rings is 7. The predicted octanol–water partition coefficient (Wildman–Crippen LogP) is 13.2. The summed E-state index contributed by atoms with van der Waals surface area (Å²) in [5.41, 5.74) is 21.0. The Bertz CT molecular complexity index is 2990. The van der Waals surface area contributed by atoms with Gasteiger partial charge in [-0.1, -0.05) is 83.9 Å². The van der Waals surface area contributed by atoms with Crippen molar-refractivity contribution in [1.82, 2.24) is 8.80 Å². The smallest absolute Gasteiger partial charge is 0.0634 e. The van der Waals surface area contributed by atoms with Crippen molar-refractivity contribution in [2.45, 2.75) is 41.5 Å². The normalized spacial score (nSPS) is 12.6. The molecule has 0 fully saturated rings. The van der Waals surface area contributed by atoms with Crippen LogP contribution in [0.5, 0.6) is 0 Å². The zero-order chi connectivity index (χ0) is 33.7. The van der Waals surface area contributed by atoms with Crippen molar-refractivity contribution < 1.29 is 0 Å². The average Bonchev–Trinajstić information content (AvgIpc) is 3.80. The number of aromatic nitrogens is 2. The molecule has 4 heterocycles. The van der Waals surface area contributed by atoms with Gasteiger partial charge in [-0.15, -0.1) is 0 Å². The highest BCUT2D eigenvalue weighted by Crippen LogP contribution is 2.52. The van der Waals surface area contributed by atoms with Crippen molar-refractivity contribution >= 4 is 76.2 Å². The van der Waals surface area contributed by atoms with E-state index in [9.17, 15) is 0 Å². The number of nitrogens with zero attached hydrogens (tertiary/aromatic N) is 2. The third-order valence-corrected chi connectivity index (χ3v) is 11.7. The Morgan fingerprint density at radius 3 is 1.08 bits per heavy atom. The van der Waals surface area contributed by atoms with Crippen molar-refractivity contribution in [3.8, 4) is 22.3 Å². The molecule has 50 heavy (non-hydrogen) atoms. The van der Waals surface area contributed by atoms with Crippen LogP contribution in [-0.4, -0.2) is 8.80 Å². The van der Waals surface area contributed by atoms with Crippen LogP contribution in [0.2, 0.25) is 0 Å². The molecular formula is C48H36N2. The molecule has 0 spiro atoms. The quantitative estimate of drug-likeness (QED) is 0.178. The van der Waals surface area contributed by atoms with Gasteiger partial charge in [-0.05, 0) is 122 Å². The minimum atomic E-state index is 1.27. The zero-order valence-electron chi connectivity index (χ0n) is 29.3. The van der Waals surface area contributed by atoms with E-state index in [-0.39, 0.29) is 0 Å². The number of aryl methyl sites for hydroxylation is 6. The Morgan fingerprint density at radius 1 is 0.340 bits per heavy atom.